The lowest BCUT2D eigenvalue weighted by molar-refractivity contribution is 0.107. The Morgan fingerprint density at radius 3 is 2.50 bits per heavy atom. The number of ether oxygens (including phenoxy) is 2. The number of primary sulfonamides is 1. The Morgan fingerprint density at radius 2 is 1.94 bits per heavy atom. The van der Waals surface area contributed by atoms with Crippen LogP contribution in [0.2, 0.25) is 0 Å². The van der Waals surface area contributed by atoms with E-state index in [-0.39, 0.29) is 13.2 Å². The molecule has 2 N–H and O–H groups in total. The summed E-state index contributed by atoms with van der Waals surface area (Å²) >= 11 is 0. The second kappa shape index (κ2) is 6.07. The van der Waals surface area contributed by atoms with Crippen molar-refractivity contribution in [2.75, 3.05) is 19.8 Å². The Hall–Kier alpha value is -1.25. The topological polar surface area (TPSA) is 78.6 Å². The molecule has 0 atom stereocenters. The molecule has 0 radical (unpaired) electrons. The fraction of sp³-hybridized carbons (Fsp3) is 0.400. The first-order valence-electron chi connectivity index (χ1n) is 5.08. The maximum atomic E-state index is 13.4. The molecule has 0 saturated carbocycles. The van der Waals surface area contributed by atoms with Crippen LogP contribution in [0.3, 0.4) is 0 Å². The molecule has 1 aromatic carbocycles. The van der Waals surface area contributed by atoms with Gasteiger partial charge in [-0.2, -0.15) is 0 Å². The second-order valence-corrected chi connectivity index (χ2v) is 4.84. The van der Waals surface area contributed by atoms with Gasteiger partial charge in [-0.15, -0.1) is 0 Å². The average Bonchev–Trinajstić information content (AvgIpc) is 2.24. The van der Waals surface area contributed by atoms with Gasteiger partial charge in [0.25, 0.3) is 0 Å². The van der Waals surface area contributed by atoms with E-state index in [2.05, 4.69) is 0 Å². The predicted molar refractivity (Wildman–Crippen MR) is 59.7 cm³/mol. The van der Waals surface area contributed by atoms with Crippen molar-refractivity contribution in [3.05, 3.63) is 23.8 Å². The summed E-state index contributed by atoms with van der Waals surface area (Å²) in [7, 11) is -4.27. The summed E-state index contributed by atoms with van der Waals surface area (Å²) in [5, 5.41) is 4.85. The van der Waals surface area contributed by atoms with Crippen molar-refractivity contribution in [1.82, 2.24) is 0 Å². The number of hydrogen-bond donors (Lipinski definition) is 1. The van der Waals surface area contributed by atoms with Crippen molar-refractivity contribution in [2.45, 2.75) is 11.8 Å². The van der Waals surface area contributed by atoms with Crippen molar-refractivity contribution in [2.24, 2.45) is 5.14 Å². The smallest absolute Gasteiger partial charge is 0.241 e. The first-order valence-corrected chi connectivity index (χ1v) is 6.63. The Bertz CT molecular complexity index is 519. The Balaban J connectivity index is 3.02. The standard InChI is InChI=1S/C10H13F2NO4S/c1-2-16-3-4-17-10-8(12)5-7(11)6-9(10)18(13,14)15/h5-6H,2-4H2,1H3,(H2,13,14,15). The van der Waals surface area contributed by atoms with Gasteiger partial charge in [0, 0.05) is 12.7 Å². The summed E-state index contributed by atoms with van der Waals surface area (Å²) in [6.45, 7) is 2.28. The first-order chi connectivity index (χ1) is 8.36. The molecule has 102 valence electrons. The summed E-state index contributed by atoms with van der Waals surface area (Å²) in [6, 6.07) is 1.12. The molecule has 8 heteroatoms. The summed E-state index contributed by atoms with van der Waals surface area (Å²) in [6.07, 6.45) is 0. The Kier molecular flexibility index (Phi) is 5.00. The lowest BCUT2D eigenvalue weighted by Gasteiger charge is -2.11. The van der Waals surface area contributed by atoms with E-state index < -0.39 is 32.3 Å². The van der Waals surface area contributed by atoms with Crippen molar-refractivity contribution < 1.29 is 26.7 Å². The summed E-state index contributed by atoms with van der Waals surface area (Å²) in [4.78, 5) is -0.725. The molecule has 0 saturated heterocycles. The van der Waals surface area contributed by atoms with E-state index in [0.717, 1.165) is 0 Å². The highest BCUT2D eigenvalue weighted by molar-refractivity contribution is 7.89. The van der Waals surface area contributed by atoms with Gasteiger partial charge in [-0.25, -0.2) is 22.3 Å². The van der Waals surface area contributed by atoms with Crippen LogP contribution in [-0.4, -0.2) is 28.2 Å². The molecule has 0 aliphatic rings. The summed E-state index contributed by atoms with van der Waals surface area (Å²) in [5.74, 6) is -2.78. The highest BCUT2D eigenvalue weighted by atomic mass is 32.2. The number of sulfonamides is 1. The quantitative estimate of drug-likeness (QED) is 0.790. The minimum Gasteiger partial charge on any atom is -0.487 e. The van der Waals surface area contributed by atoms with Crippen LogP contribution < -0.4 is 9.88 Å². The van der Waals surface area contributed by atoms with Crippen molar-refractivity contribution >= 4 is 10.0 Å². The van der Waals surface area contributed by atoms with Crippen LogP contribution in [0.1, 0.15) is 6.92 Å². The maximum absolute atomic E-state index is 13.4. The molecule has 0 bridgehead atoms. The largest absolute Gasteiger partial charge is 0.487 e. The van der Waals surface area contributed by atoms with E-state index in [1.54, 1.807) is 6.92 Å². The van der Waals surface area contributed by atoms with E-state index >= 15 is 0 Å². The molecule has 0 aliphatic heterocycles. The van der Waals surface area contributed by atoms with Gasteiger partial charge in [-0.3, -0.25) is 0 Å². The highest BCUT2D eigenvalue weighted by Crippen LogP contribution is 2.27. The van der Waals surface area contributed by atoms with Gasteiger partial charge in [0.2, 0.25) is 10.0 Å². The summed E-state index contributed by atoms with van der Waals surface area (Å²) < 4.78 is 58.6. The van der Waals surface area contributed by atoms with Crippen molar-refractivity contribution in [3.63, 3.8) is 0 Å². The SMILES string of the molecule is CCOCCOc1c(F)cc(F)cc1S(N)(=O)=O. The van der Waals surface area contributed by atoms with Crippen molar-refractivity contribution in [3.8, 4) is 5.75 Å². The number of benzene rings is 1. The van der Waals surface area contributed by atoms with Gasteiger partial charge in [0.1, 0.15) is 17.3 Å². The predicted octanol–water partition coefficient (Wildman–Crippen LogP) is 1.03. The molecule has 0 unspecified atom stereocenters. The zero-order chi connectivity index (χ0) is 13.8. The Labute approximate surface area is 104 Å². The van der Waals surface area contributed by atoms with Crippen LogP contribution in [0, 0.1) is 11.6 Å². The minimum atomic E-state index is -4.27. The average molecular weight is 281 g/mol. The van der Waals surface area contributed by atoms with Gasteiger partial charge in [-0.05, 0) is 13.0 Å². The molecule has 0 fully saturated rings. The second-order valence-electron chi connectivity index (χ2n) is 3.31. The number of rotatable bonds is 6. The van der Waals surface area contributed by atoms with E-state index in [0.29, 0.717) is 18.7 Å². The molecule has 0 amide bonds. The molecule has 0 aromatic heterocycles. The van der Waals surface area contributed by atoms with Crippen LogP contribution >= 0.6 is 0 Å². The zero-order valence-corrected chi connectivity index (χ0v) is 10.5. The normalized spacial score (nSPS) is 11.6. The zero-order valence-electron chi connectivity index (χ0n) is 9.65. The molecular weight excluding hydrogens is 268 g/mol. The van der Waals surface area contributed by atoms with Crippen molar-refractivity contribution in [1.29, 1.82) is 0 Å². The maximum Gasteiger partial charge on any atom is 0.241 e. The molecule has 1 rings (SSSR count). The van der Waals surface area contributed by atoms with E-state index in [1.165, 1.54) is 0 Å². The monoisotopic (exact) mass is 281 g/mol. The first kappa shape index (κ1) is 14.8. The van der Waals surface area contributed by atoms with Gasteiger partial charge in [0.15, 0.2) is 11.6 Å². The Morgan fingerprint density at radius 1 is 1.28 bits per heavy atom. The molecule has 1 aromatic rings. The fourth-order valence-electron chi connectivity index (χ4n) is 1.24. The lowest BCUT2D eigenvalue weighted by Crippen LogP contribution is -2.16. The molecule has 0 heterocycles. The molecule has 5 nitrogen and oxygen atoms in total. The van der Waals surface area contributed by atoms with Crippen LogP contribution in [0.5, 0.6) is 5.75 Å². The third kappa shape index (κ3) is 3.90. The highest BCUT2D eigenvalue weighted by Gasteiger charge is 2.21. The summed E-state index contributed by atoms with van der Waals surface area (Å²) in [5.41, 5.74) is 0. The fourth-order valence-corrected chi connectivity index (χ4v) is 1.93. The molecule has 0 spiro atoms. The third-order valence-electron chi connectivity index (χ3n) is 1.96. The van der Waals surface area contributed by atoms with Crippen LogP contribution in [0.15, 0.2) is 17.0 Å². The number of halogens is 2. The molecule has 18 heavy (non-hydrogen) atoms. The van der Waals surface area contributed by atoms with E-state index in [1.807, 2.05) is 0 Å². The number of hydrogen-bond acceptors (Lipinski definition) is 4. The number of nitrogens with two attached hydrogens (primary N) is 1. The van der Waals surface area contributed by atoms with E-state index in [4.69, 9.17) is 14.6 Å². The van der Waals surface area contributed by atoms with Gasteiger partial charge >= 0.3 is 0 Å². The van der Waals surface area contributed by atoms with Gasteiger partial charge in [-0.1, -0.05) is 0 Å². The van der Waals surface area contributed by atoms with E-state index in [9.17, 15) is 17.2 Å². The van der Waals surface area contributed by atoms with Crippen LogP contribution in [0.25, 0.3) is 0 Å². The van der Waals surface area contributed by atoms with Crippen LogP contribution in [0.4, 0.5) is 8.78 Å². The molecular formula is C10H13F2NO4S. The third-order valence-corrected chi connectivity index (χ3v) is 2.88. The van der Waals surface area contributed by atoms with Gasteiger partial charge < -0.3 is 9.47 Å². The lowest BCUT2D eigenvalue weighted by atomic mass is 10.3. The van der Waals surface area contributed by atoms with Crippen LogP contribution in [-0.2, 0) is 14.8 Å². The minimum absolute atomic E-state index is 0.0705. The van der Waals surface area contributed by atoms with Gasteiger partial charge in [0.05, 0.1) is 6.61 Å². The molecule has 0 aliphatic carbocycles.